The van der Waals surface area contributed by atoms with Crippen molar-refractivity contribution in [2.75, 3.05) is 25.9 Å². The molecule has 3 nitrogen and oxygen atoms in total. The third-order valence-electron chi connectivity index (χ3n) is 4.42. The maximum atomic E-state index is 5.86. The van der Waals surface area contributed by atoms with Crippen molar-refractivity contribution in [1.82, 2.24) is 4.90 Å². The maximum absolute atomic E-state index is 5.86. The molecule has 0 atom stereocenters. The van der Waals surface area contributed by atoms with Gasteiger partial charge in [0.25, 0.3) is 0 Å². The van der Waals surface area contributed by atoms with E-state index >= 15 is 0 Å². The molecule has 0 fully saturated rings. The summed E-state index contributed by atoms with van der Waals surface area (Å²) >= 11 is 0. The maximum Gasteiger partial charge on any atom is 0.118 e. The molecule has 1 aliphatic heterocycles. The van der Waals surface area contributed by atoms with Crippen molar-refractivity contribution in [3.8, 4) is 5.75 Å². The van der Waals surface area contributed by atoms with Crippen LogP contribution in [0, 0.1) is 0 Å². The van der Waals surface area contributed by atoms with E-state index in [9.17, 15) is 0 Å². The van der Waals surface area contributed by atoms with Crippen LogP contribution in [0.1, 0.15) is 23.1 Å². The molecule has 22 heavy (non-hydrogen) atoms. The van der Waals surface area contributed by atoms with Gasteiger partial charge < -0.3 is 10.5 Å². The van der Waals surface area contributed by atoms with Gasteiger partial charge in [0.05, 0.1) is 7.11 Å². The Morgan fingerprint density at radius 1 is 1.09 bits per heavy atom. The molecule has 0 saturated carbocycles. The minimum absolute atomic E-state index is 0.881. The van der Waals surface area contributed by atoms with E-state index in [1.165, 1.54) is 23.1 Å². The molecule has 1 heterocycles. The van der Waals surface area contributed by atoms with Crippen molar-refractivity contribution < 1.29 is 4.74 Å². The van der Waals surface area contributed by atoms with Gasteiger partial charge in [-0.3, -0.25) is 4.90 Å². The van der Waals surface area contributed by atoms with Gasteiger partial charge >= 0.3 is 0 Å². The topological polar surface area (TPSA) is 38.5 Å². The van der Waals surface area contributed by atoms with E-state index in [2.05, 4.69) is 29.2 Å². The molecule has 0 unspecified atom stereocenters. The normalized spacial score (nSPS) is 14.6. The van der Waals surface area contributed by atoms with Gasteiger partial charge in [0, 0.05) is 18.8 Å². The third-order valence-corrected chi connectivity index (χ3v) is 4.42. The molecule has 0 amide bonds. The molecule has 116 valence electrons. The van der Waals surface area contributed by atoms with E-state index in [1.54, 1.807) is 7.11 Å². The van der Waals surface area contributed by atoms with Gasteiger partial charge in [0.1, 0.15) is 5.75 Å². The summed E-state index contributed by atoms with van der Waals surface area (Å²) in [4.78, 5) is 2.54. The molecule has 1 aliphatic rings. The SMILES string of the molecule is COc1ccc(CCCN2CCc3cc(N)ccc3C2)cc1. The fraction of sp³-hybridized carbons (Fsp3) is 0.368. The van der Waals surface area contributed by atoms with Gasteiger partial charge in [-0.15, -0.1) is 0 Å². The lowest BCUT2D eigenvalue weighted by molar-refractivity contribution is 0.251. The molecule has 3 rings (SSSR count). The summed E-state index contributed by atoms with van der Waals surface area (Å²) in [5, 5.41) is 0. The summed E-state index contributed by atoms with van der Waals surface area (Å²) in [7, 11) is 1.71. The number of methoxy groups -OCH3 is 1. The largest absolute Gasteiger partial charge is 0.497 e. The fourth-order valence-corrected chi connectivity index (χ4v) is 3.12. The Labute approximate surface area is 132 Å². The lowest BCUT2D eigenvalue weighted by atomic mass is 9.98. The Hall–Kier alpha value is -2.00. The molecule has 2 aromatic rings. The van der Waals surface area contributed by atoms with E-state index in [4.69, 9.17) is 10.5 Å². The first-order chi connectivity index (χ1) is 10.7. The van der Waals surface area contributed by atoms with E-state index < -0.39 is 0 Å². The summed E-state index contributed by atoms with van der Waals surface area (Å²) in [5.41, 5.74) is 11.0. The molecular formula is C19H24N2O. The van der Waals surface area contributed by atoms with Crippen LogP contribution in [0.2, 0.25) is 0 Å². The quantitative estimate of drug-likeness (QED) is 0.861. The highest BCUT2D eigenvalue weighted by Crippen LogP contribution is 2.21. The number of hydrogen-bond donors (Lipinski definition) is 1. The summed E-state index contributed by atoms with van der Waals surface area (Å²) in [6.45, 7) is 3.34. The summed E-state index contributed by atoms with van der Waals surface area (Å²) in [6.07, 6.45) is 3.43. The van der Waals surface area contributed by atoms with E-state index in [0.717, 1.165) is 43.9 Å². The number of nitrogens with zero attached hydrogens (tertiary/aromatic N) is 1. The van der Waals surface area contributed by atoms with Crippen LogP contribution < -0.4 is 10.5 Å². The van der Waals surface area contributed by atoms with Crippen LogP contribution >= 0.6 is 0 Å². The van der Waals surface area contributed by atoms with E-state index in [1.807, 2.05) is 18.2 Å². The van der Waals surface area contributed by atoms with Crippen molar-refractivity contribution in [2.24, 2.45) is 0 Å². The van der Waals surface area contributed by atoms with Crippen LogP contribution in [0.4, 0.5) is 5.69 Å². The summed E-state index contributed by atoms with van der Waals surface area (Å²) in [6, 6.07) is 14.7. The molecule has 0 saturated heterocycles. The number of hydrogen-bond acceptors (Lipinski definition) is 3. The number of anilines is 1. The zero-order valence-corrected chi connectivity index (χ0v) is 13.2. The number of ether oxygens (including phenoxy) is 1. The van der Waals surface area contributed by atoms with E-state index in [0.29, 0.717) is 0 Å². The van der Waals surface area contributed by atoms with Crippen LogP contribution in [0.3, 0.4) is 0 Å². The lowest BCUT2D eigenvalue weighted by Gasteiger charge is -2.28. The molecule has 0 aromatic heterocycles. The van der Waals surface area contributed by atoms with Gasteiger partial charge in [-0.1, -0.05) is 18.2 Å². The summed E-state index contributed by atoms with van der Waals surface area (Å²) in [5.74, 6) is 0.927. The Morgan fingerprint density at radius 3 is 2.68 bits per heavy atom. The average Bonchev–Trinajstić information content (AvgIpc) is 2.55. The highest BCUT2D eigenvalue weighted by Gasteiger charge is 2.15. The van der Waals surface area contributed by atoms with Gasteiger partial charge in [0.15, 0.2) is 0 Å². The van der Waals surface area contributed by atoms with Crippen LogP contribution in [0.25, 0.3) is 0 Å². The van der Waals surface area contributed by atoms with Gasteiger partial charge in [-0.25, -0.2) is 0 Å². The first-order valence-electron chi connectivity index (χ1n) is 7.97. The molecule has 0 bridgehead atoms. The smallest absolute Gasteiger partial charge is 0.118 e. The molecule has 2 N–H and O–H groups in total. The first-order valence-corrected chi connectivity index (χ1v) is 7.97. The van der Waals surface area contributed by atoms with Crippen LogP contribution in [-0.2, 0) is 19.4 Å². The summed E-state index contributed by atoms with van der Waals surface area (Å²) < 4.78 is 5.19. The van der Waals surface area contributed by atoms with Crippen molar-refractivity contribution in [3.63, 3.8) is 0 Å². The van der Waals surface area contributed by atoms with Gasteiger partial charge in [-0.05, 0) is 66.8 Å². The predicted molar refractivity (Wildman–Crippen MR) is 91.2 cm³/mol. The Balaban J connectivity index is 1.49. The molecule has 2 aromatic carbocycles. The lowest BCUT2D eigenvalue weighted by Crippen LogP contribution is -2.31. The van der Waals surface area contributed by atoms with Crippen molar-refractivity contribution in [2.45, 2.75) is 25.8 Å². The molecule has 0 aliphatic carbocycles. The number of rotatable bonds is 5. The third kappa shape index (κ3) is 3.60. The monoisotopic (exact) mass is 296 g/mol. The highest BCUT2D eigenvalue weighted by atomic mass is 16.5. The van der Waals surface area contributed by atoms with Crippen LogP contribution in [0.15, 0.2) is 42.5 Å². The zero-order chi connectivity index (χ0) is 15.4. The molecule has 0 spiro atoms. The standard InChI is InChI=1S/C19H24N2O/c1-22-19-8-4-15(5-9-19)3-2-11-21-12-10-16-13-18(20)7-6-17(16)14-21/h4-9,13H,2-3,10-12,14,20H2,1H3. The number of fused-ring (bicyclic) bond motifs is 1. The first kappa shape index (κ1) is 14.9. The minimum atomic E-state index is 0.881. The van der Waals surface area contributed by atoms with Crippen molar-refractivity contribution >= 4 is 5.69 Å². The average molecular weight is 296 g/mol. The molecular weight excluding hydrogens is 272 g/mol. The Bertz CT molecular complexity index is 622. The number of aryl methyl sites for hydroxylation is 1. The second-order valence-electron chi connectivity index (χ2n) is 6.01. The van der Waals surface area contributed by atoms with Gasteiger partial charge in [-0.2, -0.15) is 0 Å². The van der Waals surface area contributed by atoms with Crippen LogP contribution in [-0.4, -0.2) is 25.1 Å². The molecule has 0 radical (unpaired) electrons. The Kier molecular flexibility index (Phi) is 4.64. The Morgan fingerprint density at radius 2 is 1.91 bits per heavy atom. The second-order valence-corrected chi connectivity index (χ2v) is 6.01. The van der Waals surface area contributed by atoms with Crippen LogP contribution in [0.5, 0.6) is 5.75 Å². The molecule has 3 heteroatoms. The van der Waals surface area contributed by atoms with Gasteiger partial charge in [0.2, 0.25) is 0 Å². The second kappa shape index (κ2) is 6.84. The fourth-order valence-electron chi connectivity index (χ4n) is 3.12. The van der Waals surface area contributed by atoms with E-state index in [-0.39, 0.29) is 0 Å². The number of nitrogens with two attached hydrogens (primary N) is 1. The minimum Gasteiger partial charge on any atom is -0.497 e. The van der Waals surface area contributed by atoms with Crippen molar-refractivity contribution in [3.05, 3.63) is 59.2 Å². The number of benzene rings is 2. The highest BCUT2D eigenvalue weighted by molar-refractivity contribution is 5.45. The van der Waals surface area contributed by atoms with Crippen molar-refractivity contribution in [1.29, 1.82) is 0 Å². The zero-order valence-electron chi connectivity index (χ0n) is 13.2. The number of nitrogen functional groups attached to an aromatic ring is 1. The predicted octanol–water partition coefficient (Wildman–Crippen LogP) is 3.27.